The van der Waals surface area contributed by atoms with Gasteiger partial charge in [-0.25, -0.2) is 4.68 Å². The molecule has 0 bridgehead atoms. The molecule has 3 aromatic rings. The average molecular weight is 420 g/mol. The lowest BCUT2D eigenvalue weighted by Crippen LogP contribution is -2.29. The predicted molar refractivity (Wildman–Crippen MR) is 117 cm³/mol. The lowest BCUT2D eigenvalue weighted by molar-refractivity contribution is -0.117. The Kier molecular flexibility index (Phi) is 6.28. The molecular weight excluding hydrogens is 396 g/mol. The van der Waals surface area contributed by atoms with Gasteiger partial charge in [0.15, 0.2) is 5.69 Å². The summed E-state index contributed by atoms with van der Waals surface area (Å²) in [5, 5.41) is 15.5. The van der Waals surface area contributed by atoms with Gasteiger partial charge in [-0.15, -0.1) is 0 Å². The third-order valence-electron chi connectivity index (χ3n) is 4.82. The van der Waals surface area contributed by atoms with Gasteiger partial charge in [0.2, 0.25) is 6.41 Å². The van der Waals surface area contributed by atoms with Crippen LogP contribution in [0.2, 0.25) is 0 Å². The number of benzene rings is 2. The first-order valence-corrected chi connectivity index (χ1v) is 9.62. The van der Waals surface area contributed by atoms with Gasteiger partial charge in [-0.1, -0.05) is 17.9 Å². The third-order valence-corrected chi connectivity index (χ3v) is 4.82. The van der Waals surface area contributed by atoms with Gasteiger partial charge >= 0.3 is 0 Å². The van der Waals surface area contributed by atoms with Crippen molar-refractivity contribution in [2.75, 3.05) is 20.7 Å². The van der Waals surface area contributed by atoms with Crippen LogP contribution in [-0.2, 0) is 4.79 Å². The minimum atomic E-state index is -1.25. The summed E-state index contributed by atoms with van der Waals surface area (Å²) < 4.78 is 6.91. The normalized spacial score (nSPS) is 12.5. The fraction of sp³-hybridized carbons (Fsp3) is 0.261. The van der Waals surface area contributed by atoms with Crippen molar-refractivity contribution in [1.82, 2.24) is 14.7 Å². The summed E-state index contributed by atoms with van der Waals surface area (Å²) >= 11 is 0. The van der Waals surface area contributed by atoms with Crippen molar-refractivity contribution in [3.05, 3.63) is 53.7 Å². The zero-order valence-corrected chi connectivity index (χ0v) is 17.6. The van der Waals surface area contributed by atoms with E-state index >= 15 is 0 Å². The fourth-order valence-corrected chi connectivity index (χ4v) is 3.03. The zero-order valence-electron chi connectivity index (χ0n) is 17.6. The van der Waals surface area contributed by atoms with E-state index in [-0.39, 0.29) is 5.69 Å². The van der Waals surface area contributed by atoms with Crippen molar-refractivity contribution < 1.29 is 19.4 Å². The molecule has 160 valence electrons. The maximum Gasteiger partial charge on any atom is 0.269 e. The summed E-state index contributed by atoms with van der Waals surface area (Å²) in [5.41, 5.74) is 6.43. The number of carbonyl (C=O) groups is 2. The van der Waals surface area contributed by atoms with Gasteiger partial charge in [0, 0.05) is 37.0 Å². The van der Waals surface area contributed by atoms with Crippen molar-refractivity contribution in [2.24, 2.45) is 5.73 Å². The molecule has 0 aliphatic heterocycles. The van der Waals surface area contributed by atoms with Crippen LogP contribution in [0, 0.1) is 11.8 Å². The van der Waals surface area contributed by atoms with E-state index in [4.69, 9.17) is 10.5 Å². The summed E-state index contributed by atoms with van der Waals surface area (Å²) in [6.45, 7) is 2.00. The van der Waals surface area contributed by atoms with Crippen molar-refractivity contribution in [3.8, 4) is 23.3 Å². The van der Waals surface area contributed by atoms with E-state index < -0.39 is 11.5 Å². The Bertz CT molecular complexity index is 1190. The molecule has 31 heavy (non-hydrogen) atoms. The van der Waals surface area contributed by atoms with Crippen LogP contribution in [0.25, 0.3) is 16.6 Å². The van der Waals surface area contributed by atoms with Gasteiger partial charge in [0.1, 0.15) is 11.4 Å². The lowest BCUT2D eigenvalue weighted by Gasteiger charge is -2.19. The Labute approximate surface area is 180 Å². The number of ether oxygens (including phenoxy) is 1. The molecular formula is C23H24N4O4. The Morgan fingerprint density at radius 3 is 2.81 bits per heavy atom. The maximum atomic E-state index is 11.9. The third kappa shape index (κ3) is 5.02. The van der Waals surface area contributed by atoms with E-state index in [1.54, 1.807) is 50.0 Å². The van der Waals surface area contributed by atoms with E-state index in [2.05, 4.69) is 16.9 Å². The highest BCUT2D eigenvalue weighted by Gasteiger charge is 2.18. The van der Waals surface area contributed by atoms with E-state index in [0.717, 1.165) is 0 Å². The van der Waals surface area contributed by atoms with E-state index in [9.17, 15) is 14.7 Å². The molecule has 1 unspecified atom stereocenters. The van der Waals surface area contributed by atoms with Gasteiger partial charge in [-0.3, -0.25) is 9.59 Å². The molecule has 0 radical (unpaired) electrons. The van der Waals surface area contributed by atoms with E-state index in [1.807, 2.05) is 18.2 Å². The van der Waals surface area contributed by atoms with Crippen molar-refractivity contribution in [3.63, 3.8) is 0 Å². The highest BCUT2D eigenvalue weighted by atomic mass is 16.5. The summed E-state index contributed by atoms with van der Waals surface area (Å²) in [7, 11) is 3.20. The smallest absolute Gasteiger partial charge is 0.269 e. The van der Waals surface area contributed by atoms with Gasteiger partial charge in [0.05, 0.1) is 18.3 Å². The van der Waals surface area contributed by atoms with Gasteiger partial charge in [0.25, 0.3) is 5.91 Å². The minimum absolute atomic E-state index is 0.163. The fourth-order valence-electron chi connectivity index (χ4n) is 3.03. The number of nitrogens with two attached hydrogens (primary N) is 1. The molecule has 0 fully saturated rings. The highest BCUT2D eigenvalue weighted by Crippen LogP contribution is 2.26. The first kappa shape index (κ1) is 21.9. The lowest BCUT2D eigenvalue weighted by atomic mass is 10.0. The molecule has 0 aliphatic rings. The number of primary amides is 1. The van der Waals surface area contributed by atoms with Crippen LogP contribution in [0.4, 0.5) is 0 Å². The Balaban J connectivity index is 1.98. The van der Waals surface area contributed by atoms with Crippen molar-refractivity contribution >= 4 is 23.2 Å². The number of nitrogens with zero attached hydrogens (tertiary/aromatic N) is 3. The Morgan fingerprint density at radius 2 is 2.13 bits per heavy atom. The summed E-state index contributed by atoms with van der Waals surface area (Å²) in [6, 6.07) is 12.5. The molecule has 1 heterocycles. The van der Waals surface area contributed by atoms with E-state index in [0.29, 0.717) is 47.3 Å². The Hall–Kier alpha value is -3.83. The second-order valence-corrected chi connectivity index (χ2v) is 7.42. The highest BCUT2D eigenvalue weighted by molar-refractivity contribution is 6.04. The summed E-state index contributed by atoms with van der Waals surface area (Å²) in [6.07, 6.45) is 1.03. The molecule has 8 nitrogen and oxygen atoms in total. The van der Waals surface area contributed by atoms with Crippen molar-refractivity contribution in [2.45, 2.75) is 18.9 Å². The van der Waals surface area contributed by atoms with E-state index in [1.165, 1.54) is 4.90 Å². The monoisotopic (exact) mass is 420 g/mol. The zero-order chi connectivity index (χ0) is 22.6. The first-order valence-electron chi connectivity index (χ1n) is 9.62. The Morgan fingerprint density at radius 1 is 1.35 bits per heavy atom. The topological polar surface area (TPSA) is 111 Å². The number of rotatable bonds is 7. The largest absolute Gasteiger partial charge is 0.497 e. The molecule has 1 atom stereocenters. The maximum absolute atomic E-state index is 11.9. The minimum Gasteiger partial charge on any atom is -0.497 e. The molecule has 0 saturated carbocycles. The van der Waals surface area contributed by atoms with Crippen LogP contribution in [0.1, 0.15) is 29.4 Å². The number of hydrogen-bond donors (Lipinski definition) is 2. The molecule has 0 spiro atoms. The average Bonchev–Trinajstić information content (AvgIpc) is 3.15. The standard InChI is InChI=1S/C23H24N4O4/c1-23(30,11-12-26(2)15-28)10-9-16-5-4-6-17(13-16)27-20-14-18(31-3)7-8-19(20)21(25-27)22(24)29/h4-8,13-15,30H,11-12H2,1-3H3,(H2,24,29). The van der Waals surface area contributed by atoms with Crippen LogP contribution < -0.4 is 10.5 Å². The molecule has 2 amide bonds. The van der Waals surface area contributed by atoms with Crippen molar-refractivity contribution in [1.29, 1.82) is 0 Å². The second kappa shape index (κ2) is 8.90. The molecule has 3 rings (SSSR count). The van der Waals surface area contributed by atoms with Gasteiger partial charge in [-0.05, 0) is 37.3 Å². The van der Waals surface area contributed by atoms with Crippen LogP contribution in [0.15, 0.2) is 42.5 Å². The summed E-state index contributed by atoms with van der Waals surface area (Å²) in [4.78, 5) is 24.0. The predicted octanol–water partition coefficient (Wildman–Crippen LogP) is 1.71. The first-order chi connectivity index (χ1) is 14.7. The van der Waals surface area contributed by atoms with Crippen LogP contribution >= 0.6 is 0 Å². The number of aromatic nitrogens is 2. The van der Waals surface area contributed by atoms with Crippen LogP contribution in [0.3, 0.4) is 0 Å². The van der Waals surface area contributed by atoms with Gasteiger partial charge < -0.3 is 20.5 Å². The number of methoxy groups -OCH3 is 1. The molecule has 3 N–H and O–H groups in total. The molecule has 0 saturated heterocycles. The number of carbonyl (C=O) groups excluding carboxylic acids is 2. The number of hydrogen-bond acceptors (Lipinski definition) is 5. The number of amides is 2. The molecule has 1 aromatic heterocycles. The van der Waals surface area contributed by atoms with Crippen LogP contribution in [-0.4, -0.2) is 58.4 Å². The summed E-state index contributed by atoms with van der Waals surface area (Å²) in [5.74, 6) is 5.82. The molecule has 0 aliphatic carbocycles. The number of fused-ring (bicyclic) bond motifs is 1. The second-order valence-electron chi connectivity index (χ2n) is 7.42. The SMILES string of the molecule is COc1ccc2c(C(N)=O)nn(-c3cccc(C#CC(C)(O)CCN(C)C=O)c3)c2c1. The molecule has 8 heteroatoms. The van der Waals surface area contributed by atoms with Crippen LogP contribution in [0.5, 0.6) is 5.75 Å². The quantitative estimate of drug-likeness (QED) is 0.447. The molecule has 2 aromatic carbocycles. The number of aliphatic hydroxyl groups is 1. The van der Waals surface area contributed by atoms with Gasteiger partial charge in [-0.2, -0.15) is 5.10 Å².